The van der Waals surface area contributed by atoms with Crippen LogP contribution in [0.3, 0.4) is 0 Å². The maximum atomic E-state index is 11.7. The standard InChI is InChI=1S/C12H9N3O2/c16-11-7-14-12(17)15(11)10-5-1-4-9-8(10)3-2-6-13-9/h1-6H,7H2,(H,14,17). The Labute approximate surface area is 97.1 Å². The monoisotopic (exact) mass is 227 g/mol. The number of pyridine rings is 1. The molecule has 0 saturated carbocycles. The number of amides is 3. The van der Waals surface area contributed by atoms with Gasteiger partial charge in [0.15, 0.2) is 0 Å². The molecule has 5 nitrogen and oxygen atoms in total. The number of hydrogen-bond acceptors (Lipinski definition) is 3. The number of carbonyl (C=O) groups excluding carboxylic acids is 2. The zero-order valence-corrected chi connectivity index (χ0v) is 8.88. The number of benzene rings is 1. The maximum absolute atomic E-state index is 11.7. The van der Waals surface area contributed by atoms with E-state index >= 15 is 0 Å². The molecule has 0 aliphatic carbocycles. The van der Waals surface area contributed by atoms with E-state index in [0.717, 1.165) is 15.8 Å². The van der Waals surface area contributed by atoms with Crippen LogP contribution in [0.1, 0.15) is 0 Å². The summed E-state index contributed by atoms with van der Waals surface area (Å²) in [5, 5.41) is 3.29. The van der Waals surface area contributed by atoms with Crippen molar-refractivity contribution in [3.05, 3.63) is 36.5 Å². The van der Waals surface area contributed by atoms with Crippen LogP contribution in [0.25, 0.3) is 10.9 Å². The number of hydrogen-bond donors (Lipinski definition) is 1. The van der Waals surface area contributed by atoms with Gasteiger partial charge in [-0.2, -0.15) is 0 Å². The molecule has 2 aromatic rings. The van der Waals surface area contributed by atoms with Gasteiger partial charge in [0.1, 0.15) is 0 Å². The molecule has 3 rings (SSSR count). The Balaban J connectivity index is 2.23. The molecule has 0 unspecified atom stereocenters. The van der Waals surface area contributed by atoms with E-state index in [9.17, 15) is 9.59 Å². The van der Waals surface area contributed by atoms with Gasteiger partial charge in [-0.25, -0.2) is 9.69 Å². The van der Waals surface area contributed by atoms with Crippen LogP contribution in [0.15, 0.2) is 36.5 Å². The van der Waals surface area contributed by atoms with Gasteiger partial charge in [0.25, 0.3) is 5.91 Å². The first-order chi connectivity index (χ1) is 8.27. The lowest BCUT2D eigenvalue weighted by Crippen LogP contribution is -2.30. The van der Waals surface area contributed by atoms with E-state index in [0.29, 0.717) is 5.69 Å². The zero-order valence-electron chi connectivity index (χ0n) is 8.88. The van der Waals surface area contributed by atoms with Gasteiger partial charge in [-0.3, -0.25) is 9.78 Å². The SMILES string of the molecule is O=C1CNC(=O)N1c1cccc2ncccc12. The molecule has 1 aromatic heterocycles. The zero-order chi connectivity index (χ0) is 11.8. The molecule has 1 aromatic carbocycles. The first kappa shape index (κ1) is 9.77. The van der Waals surface area contributed by atoms with Crippen molar-refractivity contribution in [2.45, 2.75) is 0 Å². The highest BCUT2D eigenvalue weighted by molar-refractivity contribution is 6.22. The summed E-state index contributed by atoms with van der Waals surface area (Å²) >= 11 is 0. The van der Waals surface area contributed by atoms with Gasteiger partial charge in [-0.05, 0) is 24.3 Å². The average Bonchev–Trinajstić information content (AvgIpc) is 2.69. The molecular formula is C12H9N3O2. The Morgan fingerprint density at radius 3 is 2.82 bits per heavy atom. The largest absolute Gasteiger partial charge is 0.329 e. The number of imide groups is 1. The number of fused-ring (bicyclic) bond motifs is 1. The molecule has 1 aliphatic heterocycles. The van der Waals surface area contributed by atoms with E-state index in [1.165, 1.54) is 0 Å². The van der Waals surface area contributed by atoms with Crippen LogP contribution in [-0.4, -0.2) is 23.5 Å². The number of aromatic nitrogens is 1. The highest BCUT2D eigenvalue weighted by atomic mass is 16.2. The van der Waals surface area contributed by atoms with Crippen molar-refractivity contribution in [3.63, 3.8) is 0 Å². The molecule has 1 N–H and O–H groups in total. The van der Waals surface area contributed by atoms with Crippen LogP contribution in [0.4, 0.5) is 10.5 Å². The van der Waals surface area contributed by atoms with E-state index in [2.05, 4.69) is 10.3 Å². The second-order valence-corrected chi connectivity index (χ2v) is 3.74. The van der Waals surface area contributed by atoms with Crippen molar-refractivity contribution < 1.29 is 9.59 Å². The minimum Gasteiger partial charge on any atom is -0.328 e. The number of rotatable bonds is 1. The van der Waals surface area contributed by atoms with Crippen molar-refractivity contribution in [3.8, 4) is 0 Å². The molecule has 0 atom stereocenters. The number of urea groups is 1. The van der Waals surface area contributed by atoms with E-state index in [1.54, 1.807) is 24.4 Å². The molecule has 0 radical (unpaired) electrons. The highest BCUT2D eigenvalue weighted by Crippen LogP contribution is 2.26. The van der Waals surface area contributed by atoms with Gasteiger partial charge in [0.2, 0.25) is 0 Å². The minimum absolute atomic E-state index is 0.0511. The normalized spacial score (nSPS) is 15.4. The van der Waals surface area contributed by atoms with Crippen molar-refractivity contribution in [1.82, 2.24) is 10.3 Å². The van der Waals surface area contributed by atoms with Crippen molar-refractivity contribution >= 4 is 28.5 Å². The molecule has 2 heterocycles. The first-order valence-corrected chi connectivity index (χ1v) is 5.22. The lowest BCUT2D eigenvalue weighted by molar-refractivity contribution is -0.115. The molecule has 3 amide bonds. The summed E-state index contributed by atoms with van der Waals surface area (Å²) in [6.45, 7) is 0.0511. The quantitative estimate of drug-likeness (QED) is 0.747. The summed E-state index contributed by atoms with van der Waals surface area (Å²) in [5.74, 6) is -0.244. The first-order valence-electron chi connectivity index (χ1n) is 5.22. The minimum atomic E-state index is -0.383. The number of carbonyl (C=O) groups is 2. The van der Waals surface area contributed by atoms with Gasteiger partial charge in [0.05, 0.1) is 17.7 Å². The molecule has 5 heteroatoms. The molecule has 0 bridgehead atoms. The predicted molar refractivity (Wildman–Crippen MR) is 62.6 cm³/mol. The fourth-order valence-electron chi connectivity index (χ4n) is 1.95. The van der Waals surface area contributed by atoms with Crippen LogP contribution in [0.2, 0.25) is 0 Å². The average molecular weight is 227 g/mol. The predicted octanol–water partition coefficient (Wildman–Crippen LogP) is 1.29. The summed E-state index contributed by atoms with van der Waals surface area (Å²) in [5.41, 5.74) is 1.34. The van der Waals surface area contributed by atoms with Gasteiger partial charge in [-0.15, -0.1) is 0 Å². The van der Waals surface area contributed by atoms with Gasteiger partial charge >= 0.3 is 6.03 Å². The third kappa shape index (κ3) is 1.44. The highest BCUT2D eigenvalue weighted by Gasteiger charge is 2.30. The smallest absolute Gasteiger partial charge is 0.328 e. The van der Waals surface area contributed by atoms with Crippen molar-refractivity contribution in [1.29, 1.82) is 0 Å². The van der Waals surface area contributed by atoms with Crippen molar-refractivity contribution in [2.24, 2.45) is 0 Å². The van der Waals surface area contributed by atoms with Crippen LogP contribution >= 0.6 is 0 Å². The second kappa shape index (κ2) is 3.55. The third-order valence-corrected chi connectivity index (χ3v) is 2.71. The van der Waals surface area contributed by atoms with Crippen molar-refractivity contribution in [2.75, 3.05) is 11.4 Å². The fraction of sp³-hybridized carbons (Fsp3) is 0.0833. The Morgan fingerprint density at radius 2 is 2.06 bits per heavy atom. The van der Waals surface area contributed by atoms with Crippen LogP contribution in [-0.2, 0) is 4.79 Å². The Bertz CT molecular complexity index is 603. The molecule has 0 spiro atoms. The summed E-state index contributed by atoms with van der Waals surface area (Å²) in [6, 6.07) is 8.61. The lowest BCUT2D eigenvalue weighted by Gasteiger charge is -2.14. The lowest BCUT2D eigenvalue weighted by atomic mass is 10.1. The Morgan fingerprint density at radius 1 is 1.18 bits per heavy atom. The topological polar surface area (TPSA) is 62.3 Å². The van der Waals surface area contributed by atoms with Gasteiger partial charge < -0.3 is 5.32 Å². The number of nitrogens with one attached hydrogen (secondary N) is 1. The number of nitrogens with zero attached hydrogens (tertiary/aromatic N) is 2. The van der Waals surface area contributed by atoms with Crippen LogP contribution in [0.5, 0.6) is 0 Å². The fourth-order valence-corrected chi connectivity index (χ4v) is 1.95. The van der Waals surface area contributed by atoms with Gasteiger partial charge in [-0.1, -0.05) is 6.07 Å². The summed E-state index contributed by atoms with van der Waals surface area (Å²) in [6.07, 6.45) is 1.68. The van der Waals surface area contributed by atoms with E-state index in [4.69, 9.17) is 0 Å². The summed E-state index contributed by atoms with van der Waals surface area (Å²) < 4.78 is 0. The van der Waals surface area contributed by atoms with Crippen LogP contribution < -0.4 is 10.2 Å². The van der Waals surface area contributed by atoms with Gasteiger partial charge in [0, 0.05) is 11.6 Å². The third-order valence-electron chi connectivity index (χ3n) is 2.71. The Kier molecular flexibility index (Phi) is 2.04. The number of anilines is 1. The molecule has 84 valence electrons. The molecule has 17 heavy (non-hydrogen) atoms. The molecule has 1 aliphatic rings. The molecule has 1 fully saturated rings. The summed E-state index contributed by atoms with van der Waals surface area (Å²) in [4.78, 5) is 28.6. The van der Waals surface area contributed by atoms with E-state index < -0.39 is 0 Å². The maximum Gasteiger partial charge on any atom is 0.329 e. The molecule has 1 saturated heterocycles. The molecular weight excluding hydrogens is 218 g/mol. The second-order valence-electron chi connectivity index (χ2n) is 3.74. The van der Waals surface area contributed by atoms with Crippen LogP contribution in [0, 0.1) is 0 Å². The van der Waals surface area contributed by atoms with E-state index in [1.807, 2.05) is 12.1 Å². The summed E-state index contributed by atoms with van der Waals surface area (Å²) in [7, 11) is 0. The van der Waals surface area contributed by atoms with E-state index in [-0.39, 0.29) is 18.5 Å². The Hall–Kier alpha value is -2.43.